The minimum Gasteiger partial charge on any atom is -0.361 e. The molecule has 0 bridgehead atoms. The number of carbonyl (C=O) groups is 3. The summed E-state index contributed by atoms with van der Waals surface area (Å²) in [4.78, 5) is 55.6. The lowest BCUT2D eigenvalue weighted by molar-refractivity contribution is -0.130. The van der Waals surface area contributed by atoms with Crippen LogP contribution in [0.1, 0.15) is 105 Å². The van der Waals surface area contributed by atoms with Gasteiger partial charge in [-0.1, -0.05) is 91.0 Å². The van der Waals surface area contributed by atoms with Crippen LogP contribution < -0.4 is 0 Å². The highest BCUT2D eigenvalue weighted by Gasteiger charge is 2.28. The highest BCUT2D eigenvalue weighted by molar-refractivity contribution is 7.88. The number of likely N-dealkylation sites (tertiary alicyclic amines) is 2. The number of carbonyl (C=O) groups excluding carboxylic acids is 3. The number of hydrogen-bond acceptors (Lipinski definition) is 7. The molecule has 2 fully saturated rings. The first-order valence-electron chi connectivity index (χ1n) is 32.1. The maximum atomic E-state index is 14.0. The van der Waals surface area contributed by atoms with Crippen molar-refractivity contribution in [3.05, 3.63) is 198 Å². The quantitative estimate of drug-likeness (QED) is 0.104. The van der Waals surface area contributed by atoms with Crippen LogP contribution in [0.15, 0.2) is 158 Å². The molecule has 5 N–H and O–H groups in total. The molecule has 0 atom stereocenters. The predicted octanol–water partition coefficient (Wildman–Crippen LogP) is 13.3. The largest absolute Gasteiger partial charge is 0.361 e. The van der Waals surface area contributed by atoms with E-state index in [1.807, 2.05) is 75.6 Å². The van der Waals surface area contributed by atoms with E-state index in [2.05, 4.69) is 91.9 Å². The number of piperidine rings is 2. The fourth-order valence-electron chi connectivity index (χ4n) is 13.6. The fraction of sp³-hybridized carbons (Fsp3) is 0.329. The van der Waals surface area contributed by atoms with Crippen LogP contribution in [-0.4, -0.2) is 161 Å². The summed E-state index contributed by atoms with van der Waals surface area (Å²) in [6, 6.07) is 35.0. The molecule has 17 nitrogen and oxygen atoms in total. The van der Waals surface area contributed by atoms with Crippen LogP contribution >= 0.6 is 0 Å². The summed E-state index contributed by atoms with van der Waals surface area (Å²) in [6.07, 6.45) is 24.8. The first kappa shape index (κ1) is 66.6. The zero-order valence-electron chi connectivity index (χ0n) is 53.9. The Kier molecular flexibility index (Phi) is 20.7. The van der Waals surface area contributed by atoms with E-state index in [9.17, 15) is 40.0 Å². The highest BCUT2D eigenvalue weighted by atomic mass is 32.2. The first-order valence-corrected chi connectivity index (χ1v) is 35.8. The topological polar surface area (TPSA) is 215 Å². The maximum Gasteiger partial charge on any atom is 0.219 e. The lowest BCUT2D eigenvalue weighted by Gasteiger charge is -2.31. The molecule has 15 rings (SSSR count). The van der Waals surface area contributed by atoms with Crippen molar-refractivity contribution in [1.29, 1.82) is 0 Å². The third-order valence-electron chi connectivity index (χ3n) is 18.9. The molecule has 0 saturated carbocycles. The molecule has 3 amide bonds. The standard InChI is InChI=1S/C15H17FN2O.C15H18N2O.C15H16N2O.C14H15FN2O2S.C14H16N2O2S/c1-10(19)18-7-5-11(6-8-18)12-9-17-14-4-2-3-13(16)15(12)14;2*1-11(18)17-8-6-12(7-9-17)14-10-16-15-5-3-2-4-13(14)15;1-20(18,19)17-7-5-10(6-8-17)12-9-16-14-11(12)3-2-4-13(14)15;1-19(17,18)16-8-6-11(7-9-16)13-10-15-14-5-3-2-4-12(13)14/h2-4,9,11,17H,5-8H2,1H3;2-5,10,12,16H,6-9H2,1H3;2-6,10,16H,7-9H2,1H3;2-5,9,16H,6-8H2,1H3;2-6,10,15H,7-9H2,1H3. The van der Waals surface area contributed by atoms with E-state index in [1.165, 1.54) is 88.3 Å². The molecule has 5 aromatic heterocycles. The first-order chi connectivity index (χ1) is 45.2. The van der Waals surface area contributed by atoms with Gasteiger partial charge < -0.3 is 39.6 Å². The van der Waals surface area contributed by atoms with Crippen molar-refractivity contribution >= 4 is 109 Å². The number of benzene rings is 5. The van der Waals surface area contributed by atoms with Gasteiger partial charge in [-0.05, 0) is 121 Å². The summed E-state index contributed by atoms with van der Waals surface area (Å²) in [5, 5.41) is 5.34. The molecule has 94 heavy (non-hydrogen) atoms. The van der Waals surface area contributed by atoms with Gasteiger partial charge in [0.05, 0.1) is 18.0 Å². The zero-order chi connectivity index (χ0) is 66.3. The molecule has 10 aromatic rings. The second-order valence-electron chi connectivity index (χ2n) is 24.8. The van der Waals surface area contributed by atoms with E-state index in [0.717, 1.165) is 111 Å². The molecular weight excluding hydrogens is 1230 g/mol. The van der Waals surface area contributed by atoms with E-state index >= 15 is 0 Å². The van der Waals surface area contributed by atoms with E-state index < -0.39 is 20.0 Å². The number of amides is 3. The summed E-state index contributed by atoms with van der Waals surface area (Å²) >= 11 is 0. The molecule has 0 spiro atoms. The van der Waals surface area contributed by atoms with Gasteiger partial charge in [-0.2, -0.15) is 8.61 Å². The van der Waals surface area contributed by atoms with Crippen LogP contribution in [0.4, 0.5) is 8.78 Å². The van der Waals surface area contributed by atoms with Crippen molar-refractivity contribution in [2.75, 3.05) is 78.0 Å². The number of para-hydroxylation sites is 4. The Morgan fingerprint density at radius 2 is 0.787 bits per heavy atom. The molecule has 5 aromatic carbocycles. The highest BCUT2D eigenvalue weighted by Crippen LogP contribution is 2.37. The lowest BCUT2D eigenvalue weighted by atomic mass is 9.89. The van der Waals surface area contributed by atoms with E-state index in [0.29, 0.717) is 55.3 Å². The van der Waals surface area contributed by atoms with Crippen molar-refractivity contribution in [2.24, 2.45) is 0 Å². The van der Waals surface area contributed by atoms with Crippen molar-refractivity contribution in [3.63, 3.8) is 0 Å². The Balaban J connectivity index is 0.000000120. The van der Waals surface area contributed by atoms with Gasteiger partial charge in [0, 0.05) is 183 Å². The molecule has 0 unspecified atom stereocenters. The number of sulfonamides is 2. The fourth-order valence-corrected chi connectivity index (χ4v) is 15.1. The predicted molar refractivity (Wildman–Crippen MR) is 373 cm³/mol. The Morgan fingerprint density at radius 1 is 0.404 bits per heavy atom. The SMILES string of the molecule is CC(=O)N1CC=C(c2c[nH]c3ccccc23)CC1.CC(=O)N1CCC(c2c[nH]c3cccc(F)c23)CC1.CC(=O)N1CCC(c2c[nH]c3ccccc23)CC1.CS(=O)(=O)N1CC=C(c2c[nH]c3c(F)cccc23)CC1.CS(=O)(=O)N1CC=C(c2c[nH]c3ccccc23)CC1. The number of nitrogens with zero attached hydrogens (tertiary/aromatic N) is 5. The molecule has 10 heterocycles. The molecule has 0 aliphatic carbocycles. The third kappa shape index (κ3) is 15.3. The second kappa shape index (κ2) is 29.2. The van der Waals surface area contributed by atoms with Gasteiger partial charge in [0.2, 0.25) is 37.8 Å². The number of H-pyrrole nitrogens is 5. The summed E-state index contributed by atoms with van der Waals surface area (Å²) in [5.74, 6) is 0.962. The van der Waals surface area contributed by atoms with Crippen LogP contribution in [-0.2, 0) is 34.4 Å². The van der Waals surface area contributed by atoms with E-state index in [4.69, 9.17) is 0 Å². The van der Waals surface area contributed by atoms with E-state index in [-0.39, 0.29) is 29.4 Å². The Hall–Kier alpha value is -8.89. The van der Waals surface area contributed by atoms with Crippen molar-refractivity contribution < 1.29 is 40.0 Å². The summed E-state index contributed by atoms with van der Waals surface area (Å²) < 4.78 is 76.5. The second-order valence-corrected chi connectivity index (χ2v) is 28.7. The number of aromatic amines is 5. The molecule has 0 radical (unpaired) electrons. The average molecular weight is 1310 g/mol. The van der Waals surface area contributed by atoms with Gasteiger partial charge in [-0.25, -0.2) is 25.6 Å². The van der Waals surface area contributed by atoms with Gasteiger partial charge in [-0.3, -0.25) is 14.4 Å². The number of aromatic nitrogens is 5. The Morgan fingerprint density at radius 3 is 1.27 bits per heavy atom. The molecule has 5 aliphatic heterocycles. The van der Waals surface area contributed by atoms with Gasteiger partial charge in [-0.15, -0.1) is 0 Å². The van der Waals surface area contributed by atoms with Crippen molar-refractivity contribution in [2.45, 2.75) is 77.6 Å². The maximum absolute atomic E-state index is 14.0. The summed E-state index contributed by atoms with van der Waals surface area (Å²) in [6.45, 7) is 11.6. The van der Waals surface area contributed by atoms with Crippen LogP contribution in [0.2, 0.25) is 0 Å². The molecule has 2 saturated heterocycles. The third-order valence-corrected chi connectivity index (χ3v) is 21.4. The summed E-state index contributed by atoms with van der Waals surface area (Å²) in [5.41, 5.74) is 14.3. The molecule has 21 heteroatoms. The summed E-state index contributed by atoms with van der Waals surface area (Å²) in [7, 11) is -6.23. The number of nitrogens with one attached hydrogen (secondary N) is 5. The zero-order valence-corrected chi connectivity index (χ0v) is 55.5. The monoisotopic (exact) mass is 1310 g/mol. The van der Waals surface area contributed by atoms with Gasteiger partial charge in [0.25, 0.3) is 0 Å². The minimum atomic E-state index is -3.15. The van der Waals surface area contributed by atoms with Crippen LogP contribution in [0, 0.1) is 11.6 Å². The Labute approximate surface area is 547 Å². The van der Waals surface area contributed by atoms with Gasteiger partial charge in [0.15, 0.2) is 0 Å². The normalized spacial score (nSPS) is 17.1. The van der Waals surface area contributed by atoms with Gasteiger partial charge in [0.1, 0.15) is 11.6 Å². The van der Waals surface area contributed by atoms with Crippen molar-refractivity contribution in [1.82, 2.24) is 48.2 Å². The number of hydrogen-bond donors (Lipinski definition) is 5. The molecule has 5 aliphatic rings. The number of fused-ring (bicyclic) bond motifs is 5. The Bertz CT molecular complexity index is 4710. The minimum absolute atomic E-state index is 0.128. The number of rotatable bonds is 7. The van der Waals surface area contributed by atoms with Crippen LogP contribution in [0.25, 0.3) is 71.2 Å². The number of halogens is 2. The van der Waals surface area contributed by atoms with E-state index in [1.54, 1.807) is 39.1 Å². The molecule has 492 valence electrons. The molecular formula is C73H82F2N10O7S2. The lowest BCUT2D eigenvalue weighted by Crippen LogP contribution is -2.36. The average Bonchev–Trinajstić information content (AvgIpc) is 1.90. The smallest absolute Gasteiger partial charge is 0.219 e. The van der Waals surface area contributed by atoms with Crippen LogP contribution in [0.3, 0.4) is 0 Å². The van der Waals surface area contributed by atoms with Gasteiger partial charge >= 0.3 is 0 Å². The van der Waals surface area contributed by atoms with Crippen molar-refractivity contribution in [3.8, 4) is 0 Å². The van der Waals surface area contributed by atoms with Crippen LogP contribution in [0.5, 0.6) is 0 Å².